The van der Waals surface area contributed by atoms with Crippen molar-refractivity contribution in [3.8, 4) is 0 Å². The molecule has 1 heterocycles. The summed E-state index contributed by atoms with van der Waals surface area (Å²) in [6.45, 7) is 3.87. The Labute approximate surface area is 94.6 Å². The highest BCUT2D eigenvalue weighted by molar-refractivity contribution is 5.74. The minimum Gasteiger partial charge on any atom is -0.394 e. The van der Waals surface area contributed by atoms with Crippen LogP contribution in [-0.4, -0.2) is 5.16 Å². The van der Waals surface area contributed by atoms with Crippen LogP contribution in [0.1, 0.15) is 22.6 Å². The fourth-order valence-corrected chi connectivity index (χ4v) is 1.46. The Kier molecular flexibility index (Phi) is 2.77. The topological polar surface area (TPSA) is 52.0 Å². The second-order valence-electron chi connectivity index (χ2n) is 3.73. The van der Waals surface area contributed by atoms with E-state index in [0.717, 1.165) is 5.56 Å². The van der Waals surface area contributed by atoms with E-state index in [4.69, 9.17) is 10.3 Å². The lowest BCUT2D eigenvalue weighted by Crippen LogP contribution is -1.87. The number of rotatable bonds is 2. The molecule has 0 saturated heterocycles. The summed E-state index contributed by atoms with van der Waals surface area (Å²) in [7, 11) is 0. The number of nitrogens with zero attached hydrogens (tertiary/aromatic N) is 1. The van der Waals surface area contributed by atoms with Gasteiger partial charge < -0.3 is 10.3 Å². The molecule has 2 rings (SSSR count). The molecule has 82 valence electrons. The molecule has 0 aliphatic heterocycles. The normalized spacial score (nSPS) is 11.1. The van der Waals surface area contributed by atoms with Crippen molar-refractivity contribution >= 4 is 17.8 Å². The van der Waals surface area contributed by atoms with Crippen LogP contribution in [0.15, 0.2) is 28.8 Å². The van der Waals surface area contributed by atoms with Gasteiger partial charge in [0, 0.05) is 0 Å². The van der Waals surface area contributed by atoms with E-state index in [0.29, 0.717) is 17.1 Å². The zero-order valence-electron chi connectivity index (χ0n) is 9.40. The molecule has 0 unspecified atom stereocenters. The van der Waals surface area contributed by atoms with E-state index in [9.17, 15) is 0 Å². The van der Waals surface area contributed by atoms with Crippen molar-refractivity contribution in [1.29, 1.82) is 0 Å². The largest absolute Gasteiger partial charge is 0.394 e. The molecular weight excluding hydrogens is 200 g/mol. The van der Waals surface area contributed by atoms with Crippen LogP contribution in [0.3, 0.4) is 0 Å². The lowest BCUT2D eigenvalue weighted by molar-refractivity contribution is 0.397. The Balaban J connectivity index is 2.28. The van der Waals surface area contributed by atoms with Crippen molar-refractivity contribution in [2.24, 2.45) is 0 Å². The predicted molar refractivity (Wildman–Crippen MR) is 65.8 cm³/mol. The van der Waals surface area contributed by atoms with Gasteiger partial charge in [-0.3, -0.25) is 0 Å². The molecule has 0 saturated carbocycles. The second kappa shape index (κ2) is 4.23. The van der Waals surface area contributed by atoms with Crippen molar-refractivity contribution in [3.05, 3.63) is 46.8 Å². The summed E-state index contributed by atoms with van der Waals surface area (Å²) in [5.74, 6) is 0.657. The zero-order valence-corrected chi connectivity index (χ0v) is 9.40. The van der Waals surface area contributed by atoms with Gasteiger partial charge in [0.2, 0.25) is 0 Å². The van der Waals surface area contributed by atoms with Gasteiger partial charge in [-0.05, 0) is 31.1 Å². The Hall–Kier alpha value is -2.03. The SMILES string of the molecule is Cc1ccccc1/C=C/c1noc(C)c1N. The highest BCUT2D eigenvalue weighted by atomic mass is 16.5. The summed E-state index contributed by atoms with van der Waals surface area (Å²) in [6, 6.07) is 8.14. The minimum atomic E-state index is 0.602. The van der Waals surface area contributed by atoms with E-state index in [1.54, 1.807) is 6.92 Å². The third kappa shape index (κ3) is 1.98. The van der Waals surface area contributed by atoms with Gasteiger partial charge >= 0.3 is 0 Å². The van der Waals surface area contributed by atoms with Crippen LogP contribution < -0.4 is 5.73 Å². The van der Waals surface area contributed by atoms with Crippen molar-refractivity contribution in [1.82, 2.24) is 5.16 Å². The van der Waals surface area contributed by atoms with E-state index in [2.05, 4.69) is 24.2 Å². The third-order valence-electron chi connectivity index (χ3n) is 2.55. The third-order valence-corrected chi connectivity index (χ3v) is 2.55. The van der Waals surface area contributed by atoms with Gasteiger partial charge in [0.25, 0.3) is 0 Å². The lowest BCUT2D eigenvalue weighted by atomic mass is 10.1. The quantitative estimate of drug-likeness (QED) is 0.835. The minimum absolute atomic E-state index is 0.602. The summed E-state index contributed by atoms with van der Waals surface area (Å²) in [5.41, 5.74) is 9.46. The zero-order chi connectivity index (χ0) is 11.5. The van der Waals surface area contributed by atoms with Crippen molar-refractivity contribution in [3.63, 3.8) is 0 Å². The first-order valence-corrected chi connectivity index (χ1v) is 5.14. The number of hydrogen-bond acceptors (Lipinski definition) is 3. The molecule has 2 N–H and O–H groups in total. The molecule has 0 aliphatic rings. The number of nitrogen functional groups attached to an aromatic ring is 1. The standard InChI is InChI=1S/C13H14N2O/c1-9-5-3-4-6-11(9)7-8-12-13(14)10(2)16-15-12/h3-8H,14H2,1-2H3/b8-7+. The molecule has 1 aromatic carbocycles. The molecular formula is C13H14N2O. The van der Waals surface area contributed by atoms with Gasteiger partial charge in [0.15, 0.2) is 5.76 Å². The highest BCUT2D eigenvalue weighted by Crippen LogP contribution is 2.18. The molecule has 0 bridgehead atoms. The first kappa shape index (κ1) is 10.5. The average molecular weight is 214 g/mol. The summed E-state index contributed by atoms with van der Waals surface area (Å²) in [6.07, 6.45) is 3.86. The van der Waals surface area contributed by atoms with Crippen LogP contribution in [-0.2, 0) is 0 Å². The first-order chi connectivity index (χ1) is 7.68. The number of aromatic nitrogens is 1. The van der Waals surface area contributed by atoms with Gasteiger partial charge in [0.1, 0.15) is 11.4 Å². The van der Waals surface area contributed by atoms with Crippen LogP contribution in [0.5, 0.6) is 0 Å². The Morgan fingerprint density at radius 1 is 1.19 bits per heavy atom. The number of nitrogens with two attached hydrogens (primary N) is 1. The average Bonchev–Trinajstić information content (AvgIpc) is 2.59. The smallest absolute Gasteiger partial charge is 0.157 e. The number of hydrogen-bond donors (Lipinski definition) is 1. The second-order valence-corrected chi connectivity index (χ2v) is 3.73. The number of benzene rings is 1. The van der Waals surface area contributed by atoms with Gasteiger partial charge in [-0.15, -0.1) is 0 Å². The molecule has 0 fully saturated rings. The van der Waals surface area contributed by atoms with Crippen molar-refractivity contribution < 1.29 is 4.52 Å². The van der Waals surface area contributed by atoms with Gasteiger partial charge in [-0.1, -0.05) is 35.5 Å². The molecule has 16 heavy (non-hydrogen) atoms. The maximum absolute atomic E-state index is 5.80. The van der Waals surface area contributed by atoms with E-state index < -0.39 is 0 Å². The highest BCUT2D eigenvalue weighted by Gasteiger charge is 2.05. The molecule has 0 amide bonds. The maximum Gasteiger partial charge on any atom is 0.157 e. The van der Waals surface area contributed by atoms with Crippen LogP contribution in [0.2, 0.25) is 0 Å². The Morgan fingerprint density at radius 2 is 1.94 bits per heavy atom. The number of anilines is 1. The van der Waals surface area contributed by atoms with Crippen molar-refractivity contribution in [2.45, 2.75) is 13.8 Å². The van der Waals surface area contributed by atoms with Gasteiger partial charge in [-0.2, -0.15) is 0 Å². The summed E-state index contributed by atoms with van der Waals surface area (Å²) < 4.78 is 4.99. The summed E-state index contributed by atoms with van der Waals surface area (Å²) >= 11 is 0. The van der Waals surface area contributed by atoms with Crippen molar-refractivity contribution in [2.75, 3.05) is 5.73 Å². The van der Waals surface area contributed by atoms with E-state index in [-0.39, 0.29) is 0 Å². The fourth-order valence-electron chi connectivity index (χ4n) is 1.46. The molecule has 0 aliphatic carbocycles. The monoisotopic (exact) mass is 214 g/mol. The maximum atomic E-state index is 5.80. The molecule has 2 aromatic rings. The van der Waals surface area contributed by atoms with Crippen LogP contribution in [0, 0.1) is 13.8 Å². The summed E-state index contributed by atoms with van der Waals surface area (Å²) in [4.78, 5) is 0. The summed E-state index contributed by atoms with van der Waals surface area (Å²) in [5, 5.41) is 3.87. The Morgan fingerprint density at radius 3 is 2.56 bits per heavy atom. The van der Waals surface area contributed by atoms with Crippen LogP contribution in [0.4, 0.5) is 5.69 Å². The Bertz CT molecular complexity index is 526. The number of aryl methyl sites for hydroxylation is 2. The van der Waals surface area contributed by atoms with E-state index in [1.165, 1.54) is 5.56 Å². The first-order valence-electron chi connectivity index (χ1n) is 5.14. The fraction of sp³-hybridized carbons (Fsp3) is 0.154. The molecule has 3 heteroatoms. The molecule has 0 radical (unpaired) electrons. The molecule has 3 nitrogen and oxygen atoms in total. The van der Waals surface area contributed by atoms with E-state index in [1.807, 2.05) is 24.3 Å². The van der Waals surface area contributed by atoms with Gasteiger partial charge in [0.05, 0.1) is 0 Å². The van der Waals surface area contributed by atoms with Crippen LogP contribution in [0.25, 0.3) is 12.2 Å². The van der Waals surface area contributed by atoms with E-state index >= 15 is 0 Å². The molecule has 0 spiro atoms. The van der Waals surface area contributed by atoms with Gasteiger partial charge in [-0.25, -0.2) is 0 Å². The lowest BCUT2D eigenvalue weighted by Gasteiger charge is -1.97. The molecule has 1 aromatic heterocycles. The predicted octanol–water partition coefficient (Wildman–Crippen LogP) is 3.04. The van der Waals surface area contributed by atoms with Crippen LogP contribution >= 0.6 is 0 Å². The molecule has 0 atom stereocenters.